The summed E-state index contributed by atoms with van der Waals surface area (Å²) in [6.45, 7) is 1.71. The molecule has 1 N–H and O–H groups in total. The molecule has 1 aliphatic heterocycles. The lowest BCUT2D eigenvalue weighted by molar-refractivity contribution is -0.141. The molecule has 0 radical (unpaired) electrons. The lowest BCUT2D eigenvalue weighted by Crippen LogP contribution is -2.58. The molecule has 2 fully saturated rings. The summed E-state index contributed by atoms with van der Waals surface area (Å²) in [5.74, 6) is 2.97. The third kappa shape index (κ3) is 4.38. The van der Waals surface area contributed by atoms with Crippen molar-refractivity contribution in [3.05, 3.63) is 53.7 Å². The molecule has 5 nitrogen and oxygen atoms in total. The maximum absolute atomic E-state index is 13.6. The standard InChI is InChI=1S/C24H25F3N4O/c1-2-18-8-3-4-9-19(18)29-23(12-5-6-13-23)22(32)31-16-14-30(15-17-31)21-11-7-10-20(28-21)24(25,26)27/h1,3-4,7-11,29H,5-6,12-17H2. The zero-order valence-electron chi connectivity index (χ0n) is 17.7. The van der Waals surface area contributed by atoms with E-state index in [-0.39, 0.29) is 11.7 Å². The number of hydrogen-bond donors (Lipinski definition) is 1. The van der Waals surface area contributed by atoms with Crippen LogP contribution in [0.2, 0.25) is 0 Å². The van der Waals surface area contributed by atoms with E-state index < -0.39 is 17.4 Å². The lowest BCUT2D eigenvalue weighted by Gasteiger charge is -2.41. The van der Waals surface area contributed by atoms with Crippen LogP contribution in [0.5, 0.6) is 0 Å². The fourth-order valence-corrected chi connectivity index (χ4v) is 4.55. The summed E-state index contributed by atoms with van der Waals surface area (Å²) in [5.41, 5.74) is -0.123. The molecule has 0 spiro atoms. The van der Waals surface area contributed by atoms with Gasteiger partial charge in [-0.05, 0) is 37.1 Å². The van der Waals surface area contributed by atoms with Crippen LogP contribution in [0.3, 0.4) is 0 Å². The van der Waals surface area contributed by atoms with Gasteiger partial charge >= 0.3 is 6.18 Å². The zero-order chi connectivity index (χ0) is 22.8. The van der Waals surface area contributed by atoms with Gasteiger partial charge in [-0.25, -0.2) is 4.98 Å². The van der Waals surface area contributed by atoms with Crippen molar-refractivity contribution in [2.75, 3.05) is 36.4 Å². The van der Waals surface area contributed by atoms with E-state index >= 15 is 0 Å². The smallest absolute Gasteiger partial charge is 0.370 e. The summed E-state index contributed by atoms with van der Waals surface area (Å²) in [5, 5.41) is 3.45. The van der Waals surface area contributed by atoms with Crippen LogP contribution in [0, 0.1) is 12.3 Å². The fourth-order valence-electron chi connectivity index (χ4n) is 4.55. The molecule has 4 rings (SSSR count). The first-order valence-corrected chi connectivity index (χ1v) is 10.7. The molecule has 1 saturated carbocycles. The largest absolute Gasteiger partial charge is 0.433 e. The summed E-state index contributed by atoms with van der Waals surface area (Å²) in [4.78, 5) is 21.0. The van der Waals surface area contributed by atoms with Gasteiger partial charge in [-0.3, -0.25) is 4.79 Å². The monoisotopic (exact) mass is 442 g/mol. The number of nitrogens with zero attached hydrogens (tertiary/aromatic N) is 3. The number of aromatic nitrogens is 1. The molecule has 168 valence electrons. The number of piperazine rings is 1. The summed E-state index contributed by atoms with van der Waals surface area (Å²) >= 11 is 0. The second-order valence-corrected chi connectivity index (χ2v) is 8.26. The molecule has 1 aromatic carbocycles. The Morgan fingerprint density at radius 2 is 1.72 bits per heavy atom. The molecular weight excluding hydrogens is 417 g/mol. The quantitative estimate of drug-likeness (QED) is 0.723. The van der Waals surface area contributed by atoms with E-state index in [1.807, 2.05) is 24.3 Å². The van der Waals surface area contributed by atoms with Gasteiger partial charge < -0.3 is 15.1 Å². The molecule has 2 heterocycles. The van der Waals surface area contributed by atoms with Crippen molar-refractivity contribution in [3.63, 3.8) is 0 Å². The van der Waals surface area contributed by atoms with Crippen molar-refractivity contribution in [2.45, 2.75) is 37.4 Å². The van der Waals surface area contributed by atoms with Gasteiger partial charge in [0, 0.05) is 31.7 Å². The van der Waals surface area contributed by atoms with Crippen LogP contribution in [0.25, 0.3) is 0 Å². The number of benzene rings is 1. The number of amides is 1. The normalized spacial score (nSPS) is 18.3. The van der Waals surface area contributed by atoms with Gasteiger partial charge in [-0.2, -0.15) is 13.2 Å². The van der Waals surface area contributed by atoms with Gasteiger partial charge in [-0.1, -0.05) is 37.0 Å². The Morgan fingerprint density at radius 3 is 2.38 bits per heavy atom. The van der Waals surface area contributed by atoms with Crippen molar-refractivity contribution in [3.8, 4) is 12.3 Å². The molecular formula is C24H25F3N4O. The third-order valence-electron chi connectivity index (χ3n) is 6.24. The van der Waals surface area contributed by atoms with Gasteiger partial charge in [0.25, 0.3) is 0 Å². The number of hydrogen-bond acceptors (Lipinski definition) is 4. The number of nitrogens with one attached hydrogen (secondary N) is 1. The SMILES string of the molecule is C#Cc1ccccc1NC1(C(=O)N2CCN(c3cccc(C(F)(F)F)n3)CC2)CCCC1. The van der Waals surface area contributed by atoms with Gasteiger partial charge in [-0.15, -0.1) is 6.42 Å². The number of carbonyl (C=O) groups excluding carboxylic acids is 1. The van der Waals surface area contributed by atoms with Crippen molar-refractivity contribution in [1.29, 1.82) is 0 Å². The van der Waals surface area contributed by atoms with Crippen LogP contribution in [-0.2, 0) is 11.0 Å². The molecule has 1 saturated heterocycles. The number of anilines is 2. The minimum absolute atomic E-state index is 0.0264. The highest BCUT2D eigenvalue weighted by molar-refractivity contribution is 5.90. The van der Waals surface area contributed by atoms with Crippen molar-refractivity contribution < 1.29 is 18.0 Å². The Balaban J connectivity index is 1.47. The third-order valence-corrected chi connectivity index (χ3v) is 6.24. The van der Waals surface area contributed by atoms with Crippen LogP contribution in [-0.4, -0.2) is 47.5 Å². The Kier molecular flexibility index (Phi) is 6.00. The molecule has 32 heavy (non-hydrogen) atoms. The predicted molar refractivity (Wildman–Crippen MR) is 117 cm³/mol. The summed E-state index contributed by atoms with van der Waals surface area (Å²) in [6.07, 6.45) is 4.49. The van der Waals surface area contributed by atoms with Crippen molar-refractivity contribution in [1.82, 2.24) is 9.88 Å². The van der Waals surface area contributed by atoms with Crippen LogP contribution in [0.1, 0.15) is 36.9 Å². The number of halogens is 3. The van der Waals surface area contributed by atoms with E-state index in [4.69, 9.17) is 6.42 Å². The summed E-state index contributed by atoms with van der Waals surface area (Å²) in [6, 6.07) is 11.4. The number of alkyl halides is 3. The Bertz CT molecular complexity index is 1020. The van der Waals surface area contributed by atoms with Crippen LogP contribution in [0.15, 0.2) is 42.5 Å². The second kappa shape index (κ2) is 8.73. The number of rotatable bonds is 4. The van der Waals surface area contributed by atoms with E-state index in [2.05, 4.69) is 16.2 Å². The number of terminal acetylenes is 1. The first kappa shape index (κ1) is 22.0. The first-order chi connectivity index (χ1) is 15.3. The average Bonchev–Trinajstić information content (AvgIpc) is 3.28. The second-order valence-electron chi connectivity index (χ2n) is 8.26. The van der Waals surface area contributed by atoms with Gasteiger partial charge in [0.05, 0.1) is 5.69 Å². The molecule has 1 amide bonds. The van der Waals surface area contributed by atoms with Gasteiger partial charge in [0.15, 0.2) is 0 Å². The minimum Gasteiger partial charge on any atom is -0.370 e. The molecule has 1 aromatic heterocycles. The Hall–Kier alpha value is -3.21. The Morgan fingerprint density at radius 1 is 1.03 bits per heavy atom. The number of para-hydroxylation sites is 1. The van der Waals surface area contributed by atoms with E-state index in [9.17, 15) is 18.0 Å². The lowest BCUT2D eigenvalue weighted by atomic mass is 9.93. The van der Waals surface area contributed by atoms with Crippen LogP contribution >= 0.6 is 0 Å². The van der Waals surface area contributed by atoms with Crippen molar-refractivity contribution in [2.24, 2.45) is 0 Å². The molecule has 2 aliphatic rings. The molecule has 0 atom stereocenters. The molecule has 0 bridgehead atoms. The molecule has 8 heteroatoms. The Labute approximate surface area is 185 Å². The summed E-state index contributed by atoms with van der Waals surface area (Å²) in [7, 11) is 0. The van der Waals surface area contributed by atoms with Crippen molar-refractivity contribution >= 4 is 17.4 Å². The number of pyridine rings is 1. The van der Waals surface area contributed by atoms with E-state index in [1.54, 1.807) is 15.9 Å². The maximum atomic E-state index is 13.6. The minimum atomic E-state index is -4.48. The summed E-state index contributed by atoms with van der Waals surface area (Å²) < 4.78 is 39.0. The van der Waals surface area contributed by atoms with Gasteiger partial charge in [0.2, 0.25) is 5.91 Å². The van der Waals surface area contributed by atoms with E-state index in [0.717, 1.165) is 37.4 Å². The van der Waals surface area contributed by atoms with Crippen LogP contribution < -0.4 is 10.2 Å². The average molecular weight is 442 g/mol. The predicted octanol–water partition coefficient (Wildman–Crippen LogP) is 4.16. The highest BCUT2D eigenvalue weighted by Gasteiger charge is 2.44. The van der Waals surface area contributed by atoms with E-state index in [1.165, 1.54) is 6.07 Å². The maximum Gasteiger partial charge on any atom is 0.433 e. The first-order valence-electron chi connectivity index (χ1n) is 10.7. The topological polar surface area (TPSA) is 48.5 Å². The zero-order valence-corrected chi connectivity index (χ0v) is 17.7. The van der Waals surface area contributed by atoms with E-state index in [0.29, 0.717) is 31.7 Å². The molecule has 1 aliphatic carbocycles. The fraction of sp³-hybridized carbons (Fsp3) is 0.417. The highest BCUT2D eigenvalue weighted by Crippen LogP contribution is 2.36. The van der Waals surface area contributed by atoms with Gasteiger partial charge in [0.1, 0.15) is 17.1 Å². The number of carbonyl (C=O) groups is 1. The molecule has 0 unspecified atom stereocenters. The molecule has 2 aromatic rings. The highest BCUT2D eigenvalue weighted by atomic mass is 19.4. The van der Waals surface area contributed by atoms with Crippen LogP contribution in [0.4, 0.5) is 24.7 Å².